The zero-order valence-corrected chi connectivity index (χ0v) is 13.0. The Kier molecular flexibility index (Phi) is 5.91. The van der Waals surface area contributed by atoms with Gasteiger partial charge in [0.1, 0.15) is 0 Å². The number of nitrogens with one attached hydrogen (secondary N) is 1. The molecule has 21 heavy (non-hydrogen) atoms. The van der Waals surface area contributed by atoms with E-state index in [0.717, 1.165) is 32.7 Å². The summed E-state index contributed by atoms with van der Waals surface area (Å²) in [6, 6.07) is 0.504. The van der Waals surface area contributed by atoms with E-state index in [9.17, 15) is 13.2 Å². The molecule has 124 valence electrons. The number of ether oxygens (including phenoxy) is 1. The van der Waals surface area contributed by atoms with Gasteiger partial charge in [-0.25, -0.2) is 0 Å². The van der Waals surface area contributed by atoms with Crippen LogP contribution in [-0.2, 0) is 4.74 Å². The molecule has 0 aromatic heterocycles. The lowest BCUT2D eigenvalue weighted by Gasteiger charge is -2.39. The van der Waals surface area contributed by atoms with E-state index in [2.05, 4.69) is 24.1 Å². The molecule has 0 spiro atoms. The molecule has 0 aromatic carbocycles. The SMILES string of the molecule is C[C@H](N[C@@H]1CCC[C@H](C(F)(F)F)C1)[C@@H](C)N1CCOCC1. The fourth-order valence-corrected chi connectivity index (χ4v) is 3.45. The molecule has 0 radical (unpaired) electrons. The number of hydrogen-bond acceptors (Lipinski definition) is 3. The Labute approximate surface area is 125 Å². The lowest BCUT2D eigenvalue weighted by atomic mass is 9.84. The first-order chi connectivity index (χ1) is 9.88. The van der Waals surface area contributed by atoms with E-state index < -0.39 is 12.1 Å². The molecule has 1 aliphatic carbocycles. The quantitative estimate of drug-likeness (QED) is 0.864. The van der Waals surface area contributed by atoms with Gasteiger partial charge in [-0.1, -0.05) is 6.42 Å². The predicted octanol–water partition coefficient (Wildman–Crippen LogP) is 2.81. The minimum atomic E-state index is -4.04. The molecule has 0 aromatic rings. The topological polar surface area (TPSA) is 24.5 Å². The predicted molar refractivity (Wildman–Crippen MR) is 76.3 cm³/mol. The van der Waals surface area contributed by atoms with Crippen LogP contribution in [0.25, 0.3) is 0 Å². The van der Waals surface area contributed by atoms with Gasteiger partial charge < -0.3 is 10.1 Å². The number of alkyl halides is 3. The molecule has 1 saturated heterocycles. The summed E-state index contributed by atoms with van der Waals surface area (Å²) in [6.45, 7) is 7.53. The van der Waals surface area contributed by atoms with Gasteiger partial charge in [0.15, 0.2) is 0 Å². The van der Waals surface area contributed by atoms with Crippen LogP contribution in [0.2, 0.25) is 0 Å². The van der Waals surface area contributed by atoms with Crippen LogP contribution >= 0.6 is 0 Å². The van der Waals surface area contributed by atoms with Crippen LogP contribution in [0.3, 0.4) is 0 Å². The van der Waals surface area contributed by atoms with Crippen LogP contribution in [0, 0.1) is 5.92 Å². The highest BCUT2D eigenvalue weighted by Gasteiger charge is 2.42. The first-order valence-electron chi connectivity index (χ1n) is 8.02. The van der Waals surface area contributed by atoms with Crippen molar-refractivity contribution in [1.29, 1.82) is 0 Å². The van der Waals surface area contributed by atoms with Gasteiger partial charge in [0.05, 0.1) is 19.1 Å². The van der Waals surface area contributed by atoms with E-state index in [1.54, 1.807) is 0 Å². The third-order valence-electron chi connectivity index (χ3n) is 4.98. The number of halogens is 3. The van der Waals surface area contributed by atoms with E-state index in [1.165, 1.54) is 0 Å². The van der Waals surface area contributed by atoms with Gasteiger partial charge in [-0.2, -0.15) is 13.2 Å². The maximum atomic E-state index is 12.9. The summed E-state index contributed by atoms with van der Waals surface area (Å²) in [5.74, 6) is -1.13. The molecule has 6 heteroatoms. The zero-order chi connectivity index (χ0) is 15.5. The highest BCUT2D eigenvalue weighted by molar-refractivity contribution is 4.87. The van der Waals surface area contributed by atoms with Crippen molar-refractivity contribution in [1.82, 2.24) is 10.2 Å². The van der Waals surface area contributed by atoms with Crippen LogP contribution in [-0.4, -0.2) is 55.5 Å². The molecule has 0 bridgehead atoms. The summed E-state index contributed by atoms with van der Waals surface area (Å²) >= 11 is 0. The van der Waals surface area contributed by atoms with Crippen molar-refractivity contribution in [2.24, 2.45) is 5.92 Å². The molecule has 1 N–H and O–H groups in total. The highest BCUT2D eigenvalue weighted by Crippen LogP contribution is 2.37. The van der Waals surface area contributed by atoms with Crippen molar-refractivity contribution in [2.75, 3.05) is 26.3 Å². The minimum absolute atomic E-state index is 0.0103. The first-order valence-corrected chi connectivity index (χ1v) is 8.02. The summed E-state index contributed by atoms with van der Waals surface area (Å²) < 4.78 is 43.9. The van der Waals surface area contributed by atoms with Crippen LogP contribution in [0.15, 0.2) is 0 Å². The average Bonchev–Trinajstić information content (AvgIpc) is 2.47. The van der Waals surface area contributed by atoms with Crippen molar-refractivity contribution in [3.63, 3.8) is 0 Å². The van der Waals surface area contributed by atoms with Crippen LogP contribution < -0.4 is 5.32 Å². The van der Waals surface area contributed by atoms with E-state index in [0.29, 0.717) is 12.5 Å². The molecule has 2 rings (SSSR count). The molecule has 1 heterocycles. The van der Waals surface area contributed by atoms with Gasteiger partial charge >= 0.3 is 6.18 Å². The summed E-state index contributed by atoms with van der Waals surface area (Å²) in [6.07, 6.45) is -2.01. The van der Waals surface area contributed by atoms with Crippen LogP contribution in [0.5, 0.6) is 0 Å². The third kappa shape index (κ3) is 4.83. The van der Waals surface area contributed by atoms with Crippen LogP contribution in [0.1, 0.15) is 39.5 Å². The van der Waals surface area contributed by atoms with Crippen molar-refractivity contribution < 1.29 is 17.9 Å². The summed E-state index contributed by atoms with van der Waals surface area (Å²) in [5.41, 5.74) is 0. The molecular formula is C15H27F3N2O. The highest BCUT2D eigenvalue weighted by atomic mass is 19.4. The smallest absolute Gasteiger partial charge is 0.379 e. The largest absolute Gasteiger partial charge is 0.391 e. The first kappa shape index (κ1) is 17.0. The second kappa shape index (κ2) is 7.29. The van der Waals surface area contributed by atoms with Crippen molar-refractivity contribution in [3.05, 3.63) is 0 Å². The molecule has 2 aliphatic rings. The number of rotatable bonds is 4. The van der Waals surface area contributed by atoms with Crippen molar-refractivity contribution >= 4 is 0 Å². The molecule has 4 atom stereocenters. The molecular weight excluding hydrogens is 281 g/mol. The molecule has 1 aliphatic heterocycles. The molecule has 2 fully saturated rings. The lowest BCUT2D eigenvalue weighted by Crippen LogP contribution is -2.54. The van der Waals surface area contributed by atoms with Crippen molar-refractivity contribution in [2.45, 2.75) is 63.8 Å². The Bertz CT molecular complexity index is 319. The van der Waals surface area contributed by atoms with Gasteiger partial charge in [0, 0.05) is 31.2 Å². The fraction of sp³-hybridized carbons (Fsp3) is 1.00. The molecule has 0 unspecified atom stereocenters. The zero-order valence-electron chi connectivity index (χ0n) is 13.0. The molecule has 1 saturated carbocycles. The third-order valence-corrected chi connectivity index (χ3v) is 4.98. The van der Waals surface area contributed by atoms with Gasteiger partial charge in [-0.05, 0) is 33.1 Å². The Morgan fingerprint density at radius 2 is 1.81 bits per heavy atom. The second-order valence-electron chi connectivity index (χ2n) is 6.45. The maximum absolute atomic E-state index is 12.9. The lowest BCUT2D eigenvalue weighted by molar-refractivity contribution is -0.184. The van der Waals surface area contributed by atoms with Crippen LogP contribution in [0.4, 0.5) is 13.2 Å². The molecule has 3 nitrogen and oxygen atoms in total. The maximum Gasteiger partial charge on any atom is 0.391 e. The monoisotopic (exact) mass is 308 g/mol. The minimum Gasteiger partial charge on any atom is -0.379 e. The number of hydrogen-bond donors (Lipinski definition) is 1. The van der Waals surface area contributed by atoms with E-state index in [4.69, 9.17) is 4.74 Å². The molecule has 0 amide bonds. The normalized spacial score (nSPS) is 31.9. The van der Waals surface area contributed by atoms with Crippen molar-refractivity contribution in [3.8, 4) is 0 Å². The Morgan fingerprint density at radius 1 is 1.14 bits per heavy atom. The summed E-state index contributed by atoms with van der Waals surface area (Å²) in [7, 11) is 0. The van der Waals surface area contributed by atoms with Gasteiger partial charge in [-0.3, -0.25) is 4.90 Å². The Balaban J connectivity index is 1.82. The van der Waals surface area contributed by atoms with Gasteiger partial charge in [0.2, 0.25) is 0 Å². The average molecular weight is 308 g/mol. The Morgan fingerprint density at radius 3 is 2.43 bits per heavy atom. The van der Waals surface area contributed by atoms with E-state index in [1.807, 2.05) is 0 Å². The number of morpholine rings is 1. The van der Waals surface area contributed by atoms with E-state index >= 15 is 0 Å². The summed E-state index contributed by atoms with van der Waals surface area (Å²) in [4.78, 5) is 2.35. The standard InChI is InChI=1S/C15H27F3N2O/c1-11(12(2)20-6-8-21-9-7-20)19-14-5-3-4-13(10-14)15(16,17)18/h11-14,19H,3-10H2,1-2H3/t11-,12+,13-,14+/m0/s1. The van der Waals surface area contributed by atoms with Gasteiger partial charge in [-0.15, -0.1) is 0 Å². The number of nitrogens with zero attached hydrogens (tertiary/aromatic N) is 1. The summed E-state index contributed by atoms with van der Waals surface area (Å²) in [5, 5.41) is 3.44. The Hall–Kier alpha value is -0.330. The second-order valence-corrected chi connectivity index (χ2v) is 6.45. The van der Waals surface area contributed by atoms with E-state index in [-0.39, 0.29) is 24.9 Å². The van der Waals surface area contributed by atoms with Gasteiger partial charge in [0.25, 0.3) is 0 Å². The fourth-order valence-electron chi connectivity index (χ4n) is 3.45.